The molecule has 2 aromatic rings. The van der Waals surface area contributed by atoms with Crippen LogP contribution in [0.15, 0.2) is 28.7 Å². The van der Waals surface area contributed by atoms with E-state index in [4.69, 9.17) is 0 Å². The number of rotatable bonds is 2. The first kappa shape index (κ1) is 10.8. The number of hydrogen-bond acceptors (Lipinski definition) is 3. The average Bonchev–Trinajstić information content (AvgIpc) is 2.65. The minimum absolute atomic E-state index is 0.230. The van der Waals surface area contributed by atoms with Crippen LogP contribution < -0.4 is 5.32 Å². The number of hydrogen-bond donors (Lipinski definition) is 2. The van der Waals surface area contributed by atoms with Crippen LogP contribution in [0.5, 0.6) is 0 Å². The molecule has 0 unspecified atom stereocenters. The Bertz CT molecular complexity index is 506. The second-order valence-corrected chi connectivity index (χ2v) is 4.12. The lowest BCUT2D eigenvalue weighted by Gasteiger charge is -2.00. The smallest absolute Gasteiger partial charge is 0.258 e. The lowest BCUT2D eigenvalue weighted by molar-refractivity contribution is 0.102. The van der Waals surface area contributed by atoms with Gasteiger partial charge in [-0.05, 0) is 31.2 Å². The second kappa shape index (κ2) is 4.44. The molecule has 2 rings (SSSR count). The highest BCUT2D eigenvalue weighted by atomic mass is 79.9. The van der Waals surface area contributed by atoms with Gasteiger partial charge in [0.2, 0.25) is 5.95 Å². The summed E-state index contributed by atoms with van der Waals surface area (Å²) in [7, 11) is 0. The molecule has 1 amide bonds. The molecule has 0 radical (unpaired) electrons. The number of aromatic amines is 1. The topological polar surface area (TPSA) is 70.7 Å². The maximum absolute atomic E-state index is 11.7. The Hall–Kier alpha value is -1.69. The quantitative estimate of drug-likeness (QED) is 0.885. The fraction of sp³-hybridized carbons (Fsp3) is 0.100. The van der Waals surface area contributed by atoms with E-state index < -0.39 is 0 Å². The fourth-order valence-electron chi connectivity index (χ4n) is 1.17. The van der Waals surface area contributed by atoms with Gasteiger partial charge in [-0.15, -0.1) is 5.10 Å². The lowest BCUT2D eigenvalue weighted by atomic mass is 10.2. The number of nitrogens with one attached hydrogen (secondary N) is 2. The summed E-state index contributed by atoms with van der Waals surface area (Å²) in [6.45, 7) is 1.77. The molecule has 0 aliphatic rings. The van der Waals surface area contributed by atoms with E-state index in [1.165, 1.54) is 0 Å². The molecule has 5 nitrogen and oxygen atoms in total. The van der Waals surface area contributed by atoms with E-state index in [0.29, 0.717) is 11.4 Å². The van der Waals surface area contributed by atoms with Crippen LogP contribution in [0.3, 0.4) is 0 Å². The van der Waals surface area contributed by atoms with Crippen LogP contribution in [0.25, 0.3) is 0 Å². The molecule has 0 spiro atoms. The number of aryl methyl sites for hydroxylation is 1. The third kappa shape index (κ3) is 2.46. The molecule has 82 valence electrons. The van der Waals surface area contributed by atoms with Gasteiger partial charge in [-0.25, -0.2) is 0 Å². The van der Waals surface area contributed by atoms with E-state index in [0.717, 1.165) is 4.47 Å². The molecule has 16 heavy (non-hydrogen) atoms. The predicted molar refractivity (Wildman–Crippen MR) is 63.2 cm³/mol. The first-order chi connectivity index (χ1) is 7.65. The Labute approximate surface area is 100 Å². The number of carbonyl (C=O) groups is 1. The number of H-pyrrole nitrogens is 1. The first-order valence-electron chi connectivity index (χ1n) is 4.61. The normalized spacial score (nSPS) is 10.1. The van der Waals surface area contributed by atoms with Crippen molar-refractivity contribution < 1.29 is 4.79 Å². The third-order valence-corrected chi connectivity index (χ3v) is 2.46. The highest BCUT2D eigenvalue weighted by molar-refractivity contribution is 9.10. The van der Waals surface area contributed by atoms with Gasteiger partial charge in [-0.2, -0.15) is 4.98 Å². The lowest BCUT2D eigenvalue weighted by Crippen LogP contribution is -2.12. The molecule has 0 aliphatic carbocycles. The van der Waals surface area contributed by atoms with Crippen molar-refractivity contribution in [3.05, 3.63) is 40.1 Å². The molecule has 0 bridgehead atoms. The van der Waals surface area contributed by atoms with Gasteiger partial charge in [0, 0.05) is 10.0 Å². The van der Waals surface area contributed by atoms with E-state index in [2.05, 4.69) is 36.4 Å². The summed E-state index contributed by atoms with van der Waals surface area (Å²) in [5.74, 6) is 0.711. The fourth-order valence-corrected chi connectivity index (χ4v) is 1.44. The number of amides is 1. The van der Waals surface area contributed by atoms with Crippen LogP contribution in [-0.4, -0.2) is 21.1 Å². The van der Waals surface area contributed by atoms with Gasteiger partial charge < -0.3 is 0 Å². The molecule has 0 saturated heterocycles. The van der Waals surface area contributed by atoms with E-state index in [1.807, 2.05) is 0 Å². The Morgan fingerprint density at radius 3 is 2.62 bits per heavy atom. The molecule has 0 aliphatic heterocycles. The largest absolute Gasteiger partial charge is 0.289 e. The average molecular weight is 281 g/mol. The van der Waals surface area contributed by atoms with E-state index >= 15 is 0 Å². The molecule has 0 saturated carbocycles. The summed E-state index contributed by atoms with van der Waals surface area (Å²) in [5.41, 5.74) is 0.561. The van der Waals surface area contributed by atoms with Crippen molar-refractivity contribution in [1.82, 2.24) is 15.2 Å². The molecule has 0 fully saturated rings. The monoisotopic (exact) mass is 280 g/mol. The molecule has 0 atom stereocenters. The Morgan fingerprint density at radius 2 is 2.06 bits per heavy atom. The minimum atomic E-state index is -0.230. The summed E-state index contributed by atoms with van der Waals surface area (Å²) < 4.78 is 0.929. The van der Waals surface area contributed by atoms with Gasteiger partial charge >= 0.3 is 0 Å². The number of carbonyl (C=O) groups excluding carboxylic acids is 1. The Balaban J connectivity index is 2.11. The number of aromatic nitrogens is 3. The summed E-state index contributed by atoms with van der Waals surface area (Å²) in [5, 5.41) is 9.06. The van der Waals surface area contributed by atoms with Crippen LogP contribution in [0.1, 0.15) is 16.2 Å². The minimum Gasteiger partial charge on any atom is -0.289 e. The van der Waals surface area contributed by atoms with Gasteiger partial charge in [-0.1, -0.05) is 15.9 Å². The first-order valence-corrected chi connectivity index (χ1v) is 5.40. The van der Waals surface area contributed by atoms with Crippen molar-refractivity contribution in [1.29, 1.82) is 0 Å². The van der Waals surface area contributed by atoms with Crippen molar-refractivity contribution in [3.8, 4) is 0 Å². The molecule has 6 heteroatoms. The summed E-state index contributed by atoms with van der Waals surface area (Å²) in [4.78, 5) is 15.7. The zero-order chi connectivity index (χ0) is 11.5. The highest BCUT2D eigenvalue weighted by Gasteiger charge is 2.08. The molecule has 1 aromatic carbocycles. The van der Waals surface area contributed by atoms with Crippen LogP contribution in [0.4, 0.5) is 5.95 Å². The number of nitrogens with zero attached hydrogens (tertiary/aromatic N) is 2. The van der Waals surface area contributed by atoms with Crippen molar-refractivity contribution in [2.24, 2.45) is 0 Å². The third-order valence-electron chi connectivity index (χ3n) is 1.93. The standard InChI is InChI=1S/C10H9BrN4O/c1-6-12-10(15-14-6)13-9(16)7-2-4-8(11)5-3-7/h2-5H,1H3,(H2,12,13,14,15,16). The summed E-state index contributed by atoms with van der Waals surface area (Å²) in [6.07, 6.45) is 0. The maximum Gasteiger partial charge on any atom is 0.258 e. The van der Waals surface area contributed by atoms with Crippen molar-refractivity contribution >= 4 is 27.8 Å². The van der Waals surface area contributed by atoms with Crippen molar-refractivity contribution in [3.63, 3.8) is 0 Å². The van der Waals surface area contributed by atoms with Crippen LogP contribution in [0, 0.1) is 6.92 Å². The number of benzene rings is 1. The number of anilines is 1. The second-order valence-electron chi connectivity index (χ2n) is 3.21. The van der Waals surface area contributed by atoms with Gasteiger partial charge in [0.1, 0.15) is 5.82 Å². The molecule has 2 N–H and O–H groups in total. The van der Waals surface area contributed by atoms with Gasteiger partial charge in [-0.3, -0.25) is 15.2 Å². The van der Waals surface area contributed by atoms with Gasteiger partial charge in [0.15, 0.2) is 0 Å². The SMILES string of the molecule is Cc1nc(NC(=O)c2ccc(Br)cc2)n[nH]1. The Morgan fingerprint density at radius 1 is 1.38 bits per heavy atom. The van der Waals surface area contributed by atoms with Crippen molar-refractivity contribution in [2.75, 3.05) is 5.32 Å². The Kier molecular flexibility index (Phi) is 3.00. The zero-order valence-electron chi connectivity index (χ0n) is 8.49. The van der Waals surface area contributed by atoms with Gasteiger partial charge in [0.05, 0.1) is 0 Å². The zero-order valence-corrected chi connectivity index (χ0v) is 10.1. The highest BCUT2D eigenvalue weighted by Crippen LogP contribution is 2.11. The van der Waals surface area contributed by atoms with Crippen molar-refractivity contribution in [2.45, 2.75) is 6.92 Å². The number of halogens is 1. The summed E-state index contributed by atoms with van der Waals surface area (Å²) in [6, 6.07) is 7.05. The van der Waals surface area contributed by atoms with Crippen LogP contribution in [0.2, 0.25) is 0 Å². The molecular formula is C10H9BrN4O. The van der Waals surface area contributed by atoms with E-state index in [-0.39, 0.29) is 11.9 Å². The van der Waals surface area contributed by atoms with E-state index in [9.17, 15) is 4.79 Å². The van der Waals surface area contributed by atoms with Gasteiger partial charge in [0.25, 0.3) is 5.91 Å². The predicted octanol–water partition coefficient (Wildman–Crippen LogP) is 2.13. The van der Waals surface area contributed by atoms with E-state index in [1.54, 1.807) is 31.2 Å². The molecular weight excluding hydrogens is 272 g/mol. The molecule has 1 heterocycles. The summed E-state index contributed by atoms with van der Waals surface area (Å²) >= 11 is 3.30. The maximum atomic E-state index is 11.7. The molecule has 1 aromatic heterocycles. The van der Waals surface area contributed by atoms with Crippen LogP contribution in [-0.2, 0) is 0 Å². The van der Waals surface area contributed by atoms with Crippen LogP contribution >= 0.6 is 15.9 Å².